The molecule has 0 saturated heterocycles. The van der Waals surface area contributed by atoms with Gasteiger partial charge in [0, 0.05) is 22.7 Å². The zero-order chi connectivity index (χ0) is 15.8. The van der Waals surface area contributed by atoms with E-state index >= 15 is 0 Å². The molecule has 1 aromatic heterocycles. The standard InChI is InChI=1S/C14H9N.3C2H6/c1-2-4-12-9(3-1)8-15-14-7-11-5-10(11)6-13(12)14;3*1-2/h1-8,11H;3*1-2H3. The van der Waals surface area contributed by atoms with Crippen LogP contribution in [0.3, 0.4) is 0 Å². The van der Waals surface area contributed by atoms with Gasteiger partial charge in [-0.1, -0.05) is 71.9 Å². The molecule has 112 valence electrons. The SMILES string of the molecule is C1=C2C=c3c(ncc4ccccc34)=CC12.CC.CC.CC. The van der Waals surface area contributed by atoms with Gasteiger partial charge in [-0.05, 0) is 23.1 Å². The zero-order valence-corrected chi connectivity index (χ0v) is 14.1. The molecule has 0 amide bonds. The molecule has 1 nitrogen and oxygen atoms in total. The van der Waals surface area contributed by atoms with Crippen molar-refractivity contribution in [1.82, 2.24) is 4.98 Å². The van der Waals surface area contributed by atoms with Crippen LogP contribution in [0.25, 0.3) is 22.9 Å². The first-order chi connectivity index (χ1) is 10.4. The van der Waals surface area contributed by atoms with Crippen molar-refractivity contribution in [2.24, 2.45) is 5.92 Å². The second kappa shape index (κ2) is 8.41. The number of hydrogen-bond acceptors (Lipinski definition) is 1. The van der Waals surface area contributed by atoms with Gasteiger partial charge in [0.25, 0.3) is 0 Å². The van der Waals surface area contributed by atoms with Crippen LogP contribution in [-0.4, -0.2) is 4.98 Å². The Morgan fingerprint density at radius 3 is 2.24 bits per heavy atom. The number of pyridine rings is 1. The second-order valence-corrected chi connectivity index (χ2v) is 4.15. The van der Waals surface area contributed by atoms with Crippen molar-refractivity contribution >= 4 is 22.9 Å². The van der Waals surface area contributed by atoms with Gasteiger partial charge in [0.05, 0.1) is 5.35 Å². The average molecular weight is 281 g/mol. The van der Waals surface area contributed by atoms with Crippen molar-refractivity contribution in [2.75, 3.05) is 0 Å². The maximum Gasteiger partial charge on any atom is 0.0678 e. The Morgan fingerprint density at radius 1 is 0.857 bits per heavy atom. The number of allylic oxidation sites excluding steroid dienone is 2. The molecule has 1 heterocycles. The number of benzene rings is 1. The maximum atomic E-state index is 4.50. The third kappa shape index (κ3) is 3.60. The predicted octanol–water partition coefficient (Wildman–Crippen LogP) is 4.44. The molecule has 0 bridgehead atoms. The van der Waals surface area contributed by atoms with Gasteiger partial charge in [0.1, 0.15) is 0 Å². The summed E-state index contributed by atoms with van der Waals surface area (Å²) >= 11 is 0. The highest BCUT2D eigenvalue weighted by Crippen LogP contribution is 2.32. The van der Waals surface area contributed by atoms with Gasteiger partial charge < -0.3 is 0 Å². The molecule has 0 N–H and O–H groups in total. The monoisotopic (exact) mass is 281 g/mol. The minimum absolute atomic E-state index is 0.575. The molecule has 4 rings (SSSR count). The zero-order valence-electron chi connectivity index (χ0n) is 14.1. The summed E-state index contributed by atoms with van der Waals surface area (Å²) in [6, 6.07) is 8.43. The van der Waals surface area contributed by atoms with Crippen LogP contribution in [0.1, 0.15) is 41.5 Å². The van der Waals surface area contributed by atoms with Crippen molar-refractivity contribution in [3.05, 3.63) is 52.7 Å². The van der Waals surface area contributed by atoms with E-state index in [0.29, 0.717) is 5.92 Å². The molecule has 1 aromatic carbocycles. The smallest absolute Gasteiger partial charge is 0.0678 e. The fourth-order valence-electron chi connectivity index (χ4n) is 2.27. The highest BCUT2D eigenvalue weighted by Gasteiger charge is 2.22. The lowest BCUT2D eigenvalue weighted by Crippen LogP contribution is -2.30. The van der Waals surface area contributed by atoms with Crippen LogP contribution in [0.2, 0.25) is 0 Å². The van der Waals surface area contributed by atoms with Crippen LogP contribution >= 0.6 is 0 Å². The number of nitrogens with zero attached hydrogens (tertiary/aromatic N) is 1. The van der Waals surface area contributed by atoms with Gasteiger partial charge in [-0.3, -0.25) is 4.98 Å². The Labute approximate surface area is 128 Å². The summed E-state index contributed by atoms with van der Waals surface area (Å²) < 4.78 is 0. The van der Waals surface area contributed by atoms with Crippen molar-refractivity contribution < 1.29 is 0 Å². The Kier molecular flexibility index (Phi) is 6.87. The molecule has 2 aliphatic carbocycles. The van der Waals surface area contributed by atoms with Crippen LogP contribution in [0.4, 0.5) is 0 Å². The number of rotatable bonds is 0. The van der Waals surface area contributed by atoms with Crippen molar-refractivity contribution in [3.8, 4) is 0 Å². The van der Waals surface area contributed by atoms with E-state index < -0.39 is 0 Å². The first kappa shape index (κ1) is 17.2. The van der Waals surface area contributed by atoms with E-state index in [1.807, 2.05) is 47.7 Å². The fraction of sp³-hybridized carbons (Fsp3) is 0.350. The quantitative estimate of drug-likeness (QED) is 0.695. The van der Waals surface area contributed by atoms with Crippen molar-refractivity contribution in [1.29, 1.82) is 0 Å². The molecule has 0 aliphatic heterocycles. The molecular formula is C20H27N. The summed E-state index contributed by atoms with van der Waals surface area (Å²) in [7, 11) is 0. The minimum atomic E-state index is 0.575. The summed E-state index contributed by atoms with van der Waals surface area (Å²) in [5.74, 6) is 0.575. The largest absolute Gasteiger partial charge is 0.256 e. The summed E-state index contributed by atoms with van der Waals surface area (Å²) in [5.41, 5.74) is 1.45. The number of hydrogen-bond donors (Lipinski definition) is 0. The van der Waals surface area contributed by atoms with Crippen LogP contribution in [0, 0.1) is 5.92 Å². The Morgan fingerprint density at radius 2 is 1.52 bits per heavy atom. The van der Waals surface area contributed by atoms with Gasteiger partial charge in [-0.25, -0.2) is 0 Å². The second-order valence-electron chi connectivity index (χ2n) is 4.15. The predicted molar refractivity (Wildman–Crippen MR) is 95.5 cm³/mol. The van der Waals surface area contributed by atoms with Crippen LogP contribution in [0.5, 0.6) is 0 Å². The molecule has 0 saturated carbocycles. The average Bonchev–Trinajstić information content (AvgIpc) is 3.36. The summed E-state index contributed by atoms with van der Waals surface area (Å²) in [6.07, 6.45) is 8.76. The van der Waals surface area contributed by atoms with E-state index in [0.717, 1.165) is 5.35 Å². The van der Waals surface area contributed by atoms with Gasteiger partial charge in [-0.15, -0.1) is 0 Å². The number of fused-ring (bicyclic) bond motifs is 4. The van der Waals surface area contributed by atoms with E-state index in [1.54, 1.807) is 0 Å². The van der Waals surface area contributed by atoms with Crippen molar-refractivity contribution in [3.63, 3.8) is 0 Å². The summed E-state index contributed by atoms with van der Waals surface area (Å²) in [6.45, 7) is 12.0. The molecule has 1 unspecified atom stereocenters. The molecule has 0 fully saturated rings. The normalized spacial score (nSPS) is 15.7. The van der Waals surface area contributed by atoms with Gasteiger partial charge in [0.2, 0.25) is 0 Å². The van der Waals surface area contributed by atoms with E-state index in [-0.39, 0.29) is 0 Å². The van der Waals surface area contributed by atoms with Crippen LogP contribution in [-0.2, 0) is 0 Å². The third-order valence-corrected chi connectivity index (χ3v) is 3.17. The van der Waals surface area contributed by atoms with Crippen molar-refractivity contribution in [2.45, 2.75) is 41.5 Å². The van der Waals surface area contributed by atoms with Gasteiger partial charge in [0.15, 0.2) is 0 Å². The molecule has 21 heavy (non-hydrogen) atoms. The molecule has 1 heteroatoms. The number of aromatic nitrogens is 1. The van der Waals surface area contributed by atoms with E-state index in [9.17, 15) is 0 Å². The van der Waals surface area contributed by atoms with E-state index in [2.05, 4.69) is 47.5 Å². The Bertz CT molecular complexity index is 723. The lowest BCUT2D eigenvalue weighted by Gasteiger charge is -2.02. The Hall–Kier alpha value is -1.89. The maximum absolute atomic E-state index is 4.50. The summed E-state index contributed by atoms with van der Waals surface area (Å²) in [5, 5.41) is 4.95. The van der Waals surface area contributed by atoms with E-state index in [4.69, 9.17) is 0 Å². The Balaban J connectivity index is 0.000000332. The third-order valence-electron chi connectivity index (χ3n) is 3.17. The first-order valence-corrected chi connectivity index (χ1v) is 8.21. The first-order valence-electron chi connectivity index (χ1n) is 8.21. The van der Waals surface area contributed by atoms with Gasteiger partial charge >= 0.3 is 0 Å². The lowest BCUT2D eigenvalue weighted by molar-refractivity contribution is 1.18. The molecule has 0 radical (unpaired) electrons. The van der Waals surface area contributed by atoms with Gasteiger partial charge in [-0.2, -0.15) is 0 Å². The molecular weight excluding hydrogens is 254 g/mol. The van der Waals surface area contributed by atoms with Crippen LogP contribution < -0.4 is 10.6 Å². The molecule has 2 aliphatic rings. The topological polar surface area (TPSA) is 12.9 Å². The molecule has 0 spiro atoms. The summed E-state index contributed by atoms with van der Waals surface area (Å²) in [4.78, 5) is 4.50. The highest BCUT2D eigenvalue weighted by atomic mass is 14.6. The fourth-order valence-corrected chi connectivity index (χ4v) is 2.27. The van der Waals surface area contributed by atoms with E-state index in [1.165, 1.54) is 21.6 Å². The lowest BCUT2D eigenvalue weighted by atomic mass is 10.1. The highest BCUT2D eigenvalue weighted by molar-refractivity contribution is 5.85. The molecule has 1 atom stereocenters. The van der Waals surface area contributed by atoms with Crippen LogP contribution in [0.15, 0.2) is 42.1 Å². The minimum Gasteiger partial charge on any atom is -0.256 e. The molecule has 2 aromatic rings.